The number of aromatic amines is 1. The molecule has 152 valence electrons. The molecular weight excluding hydrogens is 366 g/mol. The molecule has 1 fully saturated rings. The zero-order valence-electron chi connectivity index (χ0n) is 16.6. The fourth-order valence-corrected chi connectivity index (χ4v) is 4.00. The molecule has 0 spiro atoms. The van der Waals surface area contributed by atoms with Gasteiger partial charge in [0.05, 0.1) is 12.7 Å². The summed E-state index contributed by atoms with van der Waals surface area (Å²) in [5.74, 6) is 0. The summed E-state index contributed by atoms with van der Waals surface area (Å²) in [7, 11) is 0. The van der Waals surface area contributed by atoms with Gasteiger partial charge in [0, 0.05) is 47.7 Å². The second kappa shape index (κ2) is 8.27. The summed E-state index contributed by atoms with van der Waals surface area (Å²) in [4.78, 5) is 17.4. The number of fused-ring (bicyclic) bond motifs is 1. The van der Waals surface area contributed by atoms with Gasteiger partial charge in [-0.3, -0.25) is 4.79 Å². The van der Waals surface area contributed by atoms with E-state index < -0.39 is 0 Å². The standard InChI is InChI=1S/C23H27N3O3/c1-15-4-6-21-16(9-15)10-17(23(29)25-21)12-24-19-5-7-22(18(11-19)14-27)26-8-2-3-20(28)13-26/h4-7,9-11,20,24,27-28H,2-3,8,12-14H2,1H3,(H,25,29)/t20-/m0/s1. The molecule has 4 N–H and O–H groups in total. The third-order valence-corrected chi connectivity index (χ3v) is 5.55. The second-order valence-corrected chi connectivity index (χ2v) is 7.81. The number of piperidine rings is 1. The summed E-state index contributed by atoms with van der Waals surface area (Å²) in [6.45, 7) is 3.81. The number of hydrogen-bond acceptors (Lipinski definition) is 5. The van der Waals surface area contributed by atoms with E-state index in [1.54, 1.807) is 0 Å². The Kier molecular flexibility index (Phi) is 5.56. The van der Waals surface area contributed by atoms with E-state index in [1.165, 1.54) is 0 Å². The van der Waals surface area contributed by atoms with Gasteiger partial charge < -0.3 is 25.4 Å². The largest absolute Gasteiger partial charge is 0.392 e. The Balaban J connectivity index is 1.53. The molecule has 6 heteroatoms. The maximum absolute atomic E-state index is 12.4. The van der Waals surface area contributed by atoms with Crippen LogP contribution in [-0.4, -0.2) is 34.4 Å². The van der Waals surface area contributed by atoms with Crippen LogP contribution in [-0.2, 0) is 13.2 Å². The second-order valence-electron chi connectivity index (χ2n) is 7.81. The minimum absolute atomic E-state index is 0.0761. The Hall–Kier alpha value is -2.83. The highest BCUT2D eigenvalue weighted by Crippen LogP contribution is 2.27. The van der Waals surface area contributed by atoms with Crippen LogP contribution in [0, 0.1) is 6.92 Å². The maximum Gasteiger partial charge on any atom is 0.253 e. The maximum atomic E-state index is 12.4. The number of rotatable bonds is 5. The topological polar surface area (TPSA) is 88.6 Å². The molecule has 1 aliphatic heterocycles. The van der Waals surface area contributed by atoms with Gasteiger partial charge in [-0.1, -0.05) is 11.6 Å². The number of nitrogens with zero attached hydrogens (tertiary/aromatic N) is 1. The van der Waals surface area contributed by atoms with Crippen LogP contribution in [0.4, 0.5) is 11.4 Å². The Morgan fingerprint density at radius 1 is 1.17 bits per heavy atom. The highest BCUT2D eigenvalue weighted by molar-refractivity contribution is 5.79. The number of β-amino-alcohol motifs (C(OH)–C–C–N with tert-alkyl or cyclic N) is 1. The first-order valence-corrected chi connectivity index (χ1v) is 10.1. The van der Waals surface area contributed by atoms with Gasteiger partial charge in [0.25, 0.3) is 5.56 Å². The number of pyridine rings is 1. The summed E-state index contributed by atoms with van der Waals surface area (Å²) < 4.78 is 0. The normalized spacial score (nSPS) is 16.9. The number of aliphatic hydroxyl groups excluding tert-OH is 2. The Morgan fingerprint density at radius 2 is 2.03 bits per heavy atom. The van der Waals surface area contributed by atoms with Crippen LogP contribution in [0.1, 0.15) is 29.5 Å². The third kappa shape index (κ3) is 4.28. The van der Waals surface area contributed by atoms with E-state index >= 15 is 0 Å². The molecule has 3 aromatic rings. The van der Waals surface area contributed by atoms with Crippen molar-refractivity contribution in [2.24, 2.45) is 0 Å². The van der Waals surface area contributed by atoms with Crippen LogP contribution in [0.5, 0.6) is 0 Å². The lowest BCUT2D eigenvalue weighted by Crippen LogP contribution is -2.38. The van der Waals surface area contributed by atoms with Crippen LogP contribution in [0.3, 0.4) is 0 Å². The number of H-pyrrole nitrogens is 1. The van der Waals surface area contributed by atoms with Gasteiger partial charge >= 0.3 is 0 Å². The molecule has 29 heavy (non-hydrogen) atoms. The Bertz CT molecular complexity index is 1080. The first-order valence-electron chi connectivity index (χ1n) is 10.1. The Morgan fingerprint density at radius 3 is 2.83 bits per heavy atom. The van der Waals surface area contributed by atoms with Gasteiger partial charge in [0.15, 0.2) is 0 Å². The molecule has 1 atom stereocenters. The monoisotopic (exact) mass is 393 g/mol. The van der Waals surface area contributed by atoms with Crippen LogP contribution in [0.25, 0.3) is 10.9 Å². The van der Waals surface area contributed by atoms with Crippen LogP contribution < -0.4 is 15.8 Å². The van der Waals surface area contributed by atoms with E-state index in [0.29, 0.717) is 18.7 Å². The van der Waals surface area contributed by atoms with Crippen LogP contribution in [0.2, 0.25) is 0 Å². The highest BCUT2D eigenvalue weighted by Gasteiger charge is 2.20. The van der Waals surface area contributed by atoms with Crippen molar-refractivity contribution in [3.8, 4) is 0 Å². The molecule has 0 saturated carbocycles. The van der Waals surface area contributed by atoms with E-state index in [9.17, 15) is 15.0 Å². The smallest absolute Gasteiger partial charge is 0.253 e. The first-order chi connectivity index (χ1) is 14.0. The van der Waals surface area contributed by atoms with Crippen molar-refractivity contribution in [1.29, 1.82) is 0 Å². The highest BCUT2D eigenvalue weighted by atomic mass is 16.3. The van der Waals surface area contributed by atoms with E-state index in [4.69, 9.17) is 0 Å². The molecule has 0 bridgehead atoms. The number of nitrogens with one attached hydrogen (secondary N) is 2. The molecule has 1 saturated heterocycles. The average Bonchev–Trinajstić information content (AvgIpc) is 2.72. The van der Waals surface area contributed by atoms with E-state index in [-0.39, 0.29) is 18.3 Å². The third-order valence-electron chi connectivity index (χ3n) is 5.55. The Labute approximate surface area is 169 Å². The molecule has 1 aliphatic rings. The van der Waals surface area contributed by atoms with Crippen molar-refractivity contribution in [2.75, 3.05) is 23.3 Å². The SMILES string of the molecule is Cc1ccc2[nH]c(=O)c(CNc3ccc(N4CCC[C@H](O)C4)c(CO)c3)cc2c1. The first kappa shape index (κ1) is 19.5. The molecule has 2 aromatic carbocycles. The minimum atomic E-state index is -0.323. The molecule has 0 radical (unpaired) electrons. The fourth-order valence-electron chi connectivity index (χ4n) is 4.00. The van der Waals surface area contributed by atoms with Gasteiger partial charge in [-0.2, -0.15) is 0 Å². The molecule has 0 amide bonds. The lowest BCUT2D eigenvalue weighted by molar-refractivity contribution is 0.154. The van der Waals surface area contributed by atoms with E-state index in [2.05, 4.69) is 21.3 Å². The van der Waals surface area contributed by atoms with Crippen molar-refractivity contribution in [2.45, 2.75) is 39.0 Å². The van der Waals surface area contributed by atoms with Crippen LogP contribution in [0.15, 0.2) is 47.3 Å². The van der Waals surface area contributed by atoms with Crippen molar-refractivity contribution >= 4 is 22.3 Å². The number of aromatic nitrogens is 1. The summed E-state index contributed by atoms with van der Waals surface area (Å²) in [6.07, 6.45) is 1.44. The average molecular weight is 393 g/mol. The van der Waals surface area contributed by atoms with Gasteiger partial charge in [-0.05, 0) is 61.5 Å². The van der Waals surface area contributed by atoms with Crippen molar-refractivity contribution in [1.82, 2.24) is 4.98 Å². The number of anilines is 2. The summed E-state index contributed by atoms with van der Waals surface area (Å²) in [5, 5.41) is 24.1. The van der Waals surface area contributed by atoms with Crippen molar-refractivity contribution in [3.05, 3.63) is 69.5 Å². The molecule has 0 aliphatic carbocycles. The lowest BCUT2D eigenvalue weighted by atomic mass is 10.0. The predicted molar refractivity (Wildman–Crippen MR) is 116 cm³/mol. The van der Waals surface area contributed by atoms with Crippen LogP contribution >= 0.6 is 0 Å². The van der Waals surface area contributed by atoms with Gasteiger partial charge in [0.2, 0.25) is 0 Å². The molecule has 0 unspecified atom stereocenters. The van der Waals surface area contributed by atoms with E-state index in [1.807, 2.05) is 43.3 Å². The van der Waals surface area contributed by atoms with Crippen molar-refractivity contribution in [3.63, 3.8) is 0 Å². The van der Waals surface area contributed by atoms with Gasteiger partial charge in [-0.25, -0.2) is 0 Å². The fraction of sp³-hybridized carbons (Fsp3) is 0.348. The summed E-state index contributed by atoms with van der Waals surface area (Å²) >= 11 is 0. The number of aliphatic hydroxyl groups is 2. The molecular formula is C23H27N3O3. The quantitative estimate of drug-likeness (QED) is 0.535. The van der Waals surface area contributed by atoms with Crippen molar-refractivity contribution < 1.29 is 10.2 Å². The van der Waals surface area contributed by atoms with E-state index in [0.717, 1.165) is 52.8 Å². The summed E-state index contributed by atoms with van der Waals surface area (Å²) in [6, 6.07) is 13.7. The molecule has 4 rings (SSSR count). The lowest BCUT2D eigenvalue weighted by Gasteiger charge is -2.33. The zero-order chi connectivity index (χ0) is 20.4. The number of hydrogen-bond donors (Lipinski definition) is 4. The minimum Gasteiger partial charge on any atom is -0.392 e. The number of benzene rings is 2. The summed E-state index contributed by atoms with van der Waals surface area (Å²) in [5.41, 5.74) is 5.16. The predicted octanol–water partition coefficient (Wildman–Crippen LogP) is 2.90. The van der Waals surface area contributed by atoms with Gasteiger partial charge in [0.1, 0.15) is 0 Å². The zero-order valence-corrected chi connectivity index (χ0v) is 16.6. The molecule has 2 heterocycles. The molecule has 1 aromatic heterocycles. The number of aryl methyl sites for hydroxylation is 1. The molecule has 6 nitrogen and oxygen atoms in total. The van der Waals surface area contributed by atoms with Gasteiger partial charge in [-0.15, -0.1) is 0 Å².